The molecule has 7 heteroatoms. The molecule has 110 valence electrons. The van der Waals surface area contributed by atoms with Crippen LogP contribution in [0.3, 0.4) is 0 Å². The van der Waals surface area contributed by atoms with Crippen molar-refractivity contribution >= 4 is 33.9 Å². The number of nitrogens with one attached hydrogen (secondary N) is 2. The van der Waals surface area contributed by atoms with Crippen LogP contribution in [0.15, 0.2) is 28.7 Å². The van der Waals surface area contributed by atoms with E-state index >= 15 is 0 Å². The average Bonchev–Trinajstić information content (AvgIpc) is 2.85. The van der Waals surface area contributed by atoms with Crippen molar-refractivity contribution < 1.29 is 9.53 Å². The molecular weight excluding hydrogens is 336 g/mol. The second-order valence-corrected chi connectivity index (χ2v) is 5.10. The molecule has 0 bridgehead atoms. The SMILES string of the molecule is CCOc1n[nH]c(NC(=O)/C=C/c2ccc(C)cc2Br)n1. The van der Waals surface area contributed by atoms with Crippen molar-refractivity contribution in [2.45, 2.75) is 13.8 Å². The van der Waals surface area contributed by atoms with E-state index in [1.807, 2.05) is 32.0 Å². The second-order valence-electron chi connectivity index (χ2n) is 4.25. The van der Waals surface area contributed by atoms with Gasteiger partial charge in [-0.3, -0.25) is 10.1 Å². The van der Waals surface area contributed by atoms with E-state index in [2.05, 4.69) is 36.4 Å². The summed E-state index contributed by atoms with van der Waals surface area (Å²) in [6.45, 7) is 4.30. The van der Waals surface area contributed by atoms with Crippen LogP contribution < -0.4 is 10.1 Å². The fourth-order valence-corrected chi connectivity index (χ4v) is 2.21. The van der Waals surface area contributed by atoms with E-state index in [1.54, 1.807) is 6.08 Å². The highest BCUT2D eigenvalue weighted by Crippen LogP contribution is 2.19. The summed E-state index contributed by atoms with van der Waals surface area (Å²) in [6, 6.07) is 6.11. The van der Waals surface area contributed by atoms with Gasteiger partial charge in [-0.25, -0.2) is 5.10 Å². The van der Waals surface area contributed by atoms with Crippen molar-refractivity contribution in [3.8, 4) is 6.01 Å². The first-order valence-corrected chi connectivity index (χ1v) is 7.18. The monoisotopic (exact) mass is 350 g/mol. The fourth-order valence-electron chi connectivity index (χ4n) is 1.59. The molecule has 6 nitrogen and oxygen atoms in total. The van der Waals surface area contributed by atoms with Crippen LogP contribution in [-0.2, 0) is 4.79 Å². The Morgan fingerprint density at radius 3 is 3.05 bits per heavy atom. The predicted molar refractivity (Wildman–Crippen MR) is 84.1 cm³/mol. The average molecular weight is 351 g/mol. The largest absolute Gasteiger partial charge is 0.463 e. The molecule has 0 spiro atoms. The van der Waals surface area contributed by atoms with Crippen molar-refractivity contribution in [1.82, 2.24) is 15.2 Å². The number of carbonyl (C=O) groups is 1. The Hall–Kier alpha value is -2.15. The van der Waals surface area contributed by atoms with Crippen LogP contribution in [0.5, 0.6) is 6.01 Å². The molecule has 21 heavy (non-hydrogen) atoms. The van der Waals surface area contributed by atoms with E-state index in [0.717, 1.165) is 15.6 Å². The van der Waals surface area contributed by atoms with Gasteiger partial charge >= 0.3 is 6.01 Å². The van der Waals surface area contributed by atoms with Crippen molar-refractivity contribution in [1.29, 1.82) is 0 Å². The molecule has 2 aromatic rings. The standard InChI is InChI=1S/C14H15BrN4O2/c1-3-21-14-17-13(18-19-14)16-12(20)7-6-10-5-4-9(2)8-11(10)15/h4-8H,3H2,1-2H3,(H2,16,17,18,19,20)/b7-6+. The Labute approximate surface area is 130 Å². The fraction of sp³-hybridized carbons (Fsp3) is 0.214. The summed E-state index contributed by atoms with van der Waals surface area (Å²) in [4.78, 5) is 15.7. The van der Waals surface area contributed by atoms with E-state index in [-0.39, 0.29) is 17.9 Å². The maximum absolute atomic E-state index is 11.8. The highest BCUT2D eigenvalue weighted by molar-refractivity contribution is 9.10. The van der Waals surface area contributed by atoms with Crippen LogP contribution >= 0.6 is 15.9 Å². The van der Waals surface area contributed by atoms with Crippen LogP contribution in [0.25, 0.3) is 6.08 Å². The summed E-state index contributed by atoms with van der Waals surface area (Å²) in [5.74, 6) is -0.0576. The van der Waals surface area contributed by atoms with Gasteiger partial charge < -0.3 is 4.74 Å². The molecule has 0 atom stereocenters. The molecule has 0 aliphatic heterocycles. The highest BCUT2D eigenvalue weighted by Gasteiger charge is 2.05. The quantitative estimate of drug-likeness (QED) is 0.812. The van der Waals surface area contributed by atoms with E-state index in [9.17, 15) is 4.79 Å². The Bertz CT molecular complexity index is 667. The third-order valence-electron chi connectivity index (χ3n) is 2.55. The van der Waals surface area contributed by atoms with Crippen LogP contribution in [-0.4, -0.2) is 27.7 Å². The zero-order valence-corrected chi connectivity index (χ0v) is 13.3. The first-order chi connectivity index (χ1) is 10.1. The summed E-state index contributed by atoms with van der Waals surface area (Å²) >= 11 is 3.46. The number of hydrogen-bond donors (Lipinski definition) is 2. The topological polar surface area (TPSA) is 79.9 Å². The van der Waals surface area contributed by atoms with Crippen LogP contribution in [0.4, 0.5) is 5.95 Å². The number of aryl methyl sites for hydroxylation is 1. The number of carbonyl (C=O) groups excluding carboxylic acids is 1. The molecule has 0 aliphatic rings. The summed E-state index contributed by atoms with van der Waals surface area (Å²) in [5, 5.41) is 8.95. The van der Waals surface area contributed by atoms with Crippen LogP contribution in [0.2, 0.25) is 0 Å². The van der Waals surface area contributed by atoms with Gasteiger partial charge in [0.1, 0.15) is 0 Å². The number of ether oxygens (including phenoxy) is 1. The van der Waals surface area contributed by atoms with Crippen molar-refractivity contribution in [3.05, 3.63) is 39.9 Å². The third kappa shape index (κ3) is 4.42. The smallest absolute Gasteiger partial charge is 0.337 e. The van der Waals surface area contributed by atoms with Crippen LogP contribution in [0.1, 0.15) is 18.1 Å². The number of aromatic amines is 1. The number of anilines is 1. The molecule has 0 saturated carbocycles. The zero-order chi connectivity index (χ0) is 15.2. The van der Waals surface area contributed by atoms with Crippen molar-refractivity contribution in [2.24, 2.45) is 0 Å². The number of nitrogens with zero attached hydrogens (tertiary/aromatic N) is 2. The maximum Gasteiger partial charge on any atom is 0.337 e. The highest BCUT2D eigenvalue weighted by atomic mass is 79.9. The van der Waals surface area contributed by atoms with Gasteiger partial charge in [0.2, 0.25) is 5.95 Å². The Balaban J connectivity index is 1.98. The van der Waals surface area contributed by atoms with E-state index in [4.69, 9.17) is 4.74 Å². The van der Waals surface area contributed by atoms with Gasteiger partial charge in [-0.1, -0.05) is 28.1 Å². The molecule has 1 aromatic carbocycles. The van der Waals surface area contributed by atoms with Gasteiger partial charge in [-0.15, -0.1) is 5.10 Å². The van der Waals surface area contributed by atoms with Gasteiger partial charge in [0.15, 0.2) is 0 Å². The summed E-state index contributed by atoms with van der Waals surface area (Å²) in [6.07, 6.45) is 3.15. The minimum Gasteiger partial charge on any atom is -0.463 e. The molecular formula is C14H15BrN4O2. The number of H-pyrrole nitrogens is 1. The molecule has 0 saturated heterocycles. The van der Waals surface area contributed by atoms with Crippen LogP contribution in [0, 0.1) is 6.92 Å². The van der Waals surface area contributed by atoms with E-state index < -0.39 is 0 Å². The third-order valence-corrected chi connectivity index (χ3v) is 3.24. The summed E-state index contributed by atoms with van der Waals surface area (Å²) in [5.41, 5.74) is 2.07. The Morgan fingerprint density at radius 2 is 2.33 bits per heavy atom. The first-order valence-electron chi connectivity index (χ1n) is 6.39. The molecule has 0 radical (unpaired) electrons. The Morgan fingerprint density at radius 1 is 1.52 bits per heavy atom. The number of amides is 1. The Kier molecular flexibility index (Phi) is 5.10. The molecule has 0 unspecified atom stereocenters. The maximum atomic E-state index is 11.8. The lowest BCUT2D eigenvalue weighted by molar-refractivity contribution is -0.111. The molecule has 1 amide bonds. The van der Waals surface area contributed by atoms with Gasteiger partial charge in [0.05, 0.1) is 6.61 Å². The van der Waals surface area contributed by atoms with Gasteiger partial charge in [-0.2, -0.15) is 4.98 Å². The molecule has 0 fully saturated rings. The minimum atomic E-state index is -0.304. The number of halogens is 1. The van der Waals surface area contributed by atoms with Gasteiger partial charge in [0.25, 0.3) is 5.91 Å². The van der Waals surface area contributed by atoms with Gasteiger partial charge in [-0.05, 0) is 37.1 Å². The van der Waals surface area contributed by atoms with Gasteiger partial charge in [0, 0.05) is 10.5 Å². The van der Waals surface area contributed by atoms with Crippen molar-refractivity contribution in [3.63, 3.8) is 0 Å². The number of hydrogen-bond acceptors (Lipinski definition) is 4. The number of aromatic nitrogens is 3. The van der Waals surface area contributed by atoms with E-state index in [1.165, 1.54) is 6.08 Å². The lowest BCUT2D eigenvalue weighted by Crippen LogP contribution is -2.09. The van der Waals surface area contributed by atoms with E-state index in [0.29, 0.717) is 6.61 Å². The lowest BCUT2D eigenvalue weighted by atomic mass is 10.1. The predicted octanol–water partition coefficient (Wildman–Crippen LogP) is 2.93. The molecule has 2 N–H and O–H groups in total. The molecule has 1 aromatic heterocycles. The second kappa shape index (κ2) is 7.03. The number of benzene rings is 1. The first kappa shape index (κ1) is 15.2. The molecule has 1 heterocycles. The lowest BCUT2D eigenvalue weighted by Gasteiger charge is -2.00. The normalized spacial score (nSPS) is 10.8. The molecule has 0 aliphatic carbocycles. The zero-order valence-electron chi connectivity index (χ0n) is 11.7. The molecule has 2 rings (SSSR count). The number of rotatable bonds is 5. The summed E-state index contributed by atoms with van der Waals surface area (Å²) < 4.78 is 6.03. The van der Waals surface area contributed by atoms with Crippen molar-refractivity contribution in [2.75, 3.05) is 11.9 Å². The summed E-state index contributed by atoms with van der Waals surface area (Å²) in [7, 11) is 0. The minimum absolute atomic E-state index is 0.207.